The van der Waals surface area contributed by atoms with Gasteiger partial charge in [0.1, 0.15) is 0 Å². The Morgan fingerprint density at radius 3 is 2.57 bits per heavy atom. The Hall–Kier alpha value is -1.55. The Bertz CT molecular complexity index is 367. The Morgan fingerprint density at radius 2 is 2.00 bits per heavy atom. The molecular weight excluding hydrogens is 170 g/mol. The quantitative estimate of drug-likeness (QED) is 0.612. The third-order valence-corrected chi connectivity index (χ3v) is 2.72. The molecule has 0 heterocycles. The normalized spacial score (nSPS) is 20.4. The van der Waals surface area contributed by atoms with Gasteiger partial charge >= 0.3 is 0 Å². The summed E-state index contributed by atoms with van der Waals surface area (Å²) >= 11 is 0. The molecule has 0 saturated carbocycles. The molecule has 1 nitrogen and oxygen atoms in total. The number of hydrogen-bond acceptors (Lipinski definition) is 1. The van der Waals surface area contributed by atoms with Gasteiger partial charge in [0.25, 0.3) is 0 Å². The van der Waals surface area contributed by atoms with Crippen molar-refractivity contribution in [2.45, 2.75) is 25.2 Å². The van der Waals surface area contributed by atoms with Gasteiger partial charge in [-0.15, -0.1) is 0 Å². The van der Waals surface area contributed by atoms with Crippen molar-refractivity contribution in [2.75, 3.05) is 0 Å². The zero-order chi connectivity index (χ0) is 9.80. The first-order chi connectivity index (χ1) is 6.90. The van der Waals surface area contributed by atoms with Crippen LogP contribution in [0.3, 0.4) is 0 Å². The van der Waals surface area contributed by atoms with Crippen LogP contribution >= 0.6 is 0 Å². The lowest BCUT2D eigenvalue weighted by atomic mass is 9.89. The van der Waals surface area contributed by atoms with E-state index >= 15 is 0 Å². The lowest BCUT2D eigenvalue weighted by Gasteiger charge is -2.16. The van der Waals surface area contributed by atoms with Crippen LogP contribution in [-0.4, -0.2) is 0 Å². The summed E-state index contributed by atoms with van der Waals surface area (Å²) in [6.45, 7) is 0. The van der Waals surface area contributed by atoms with E-state index in [0.717, 1.165) is 5.56 Å². The number of allylic oxidation sites excluding steroid dienone is 2. The van der Waals surface area contributed by atoms with Crippen LogP contribution in [0.5, 0.6) is 0 Å². The highest BCUT2D eigenvalue weighted by Crippen LogP contribution is 2.27. The van der Waals surface area contributed by atoms with Gasteiger partial charge < -0.3 is 0 Å². The molecule has 0 bridgehead atoms. The summed E-state index contributed by atoms with van der Waals surface area (Å²) < 4.78 is 0. The van der Waals surface area contributed by atoms with Crippen molar-refractivity contribution in [1.29, 1.82) is 5.26 Å². The van der Waals surface area contributed by atoms with E-state index < -0.39 is 0 Å². The minimum atomic E-state index is 0.566. The summed E-state index contributed by atoms with van der Waals surface area (Å²) in [5, 5.41) is 8.67. The third kappa shape index (κ3) is 1.85. The average Bonchev–Trinajstić information content (AvgIpc) is 2.30. The minimum Gasteiger partial charge on any atom is -0.192 e. The molecule has 1 unspecified atom stereocenters. The van der Waals surface area contributed by atoms with Crippen molar-refractivity contribution in [3.05, 3.63) is 47.5 Å². The number of nitriles is 1. The zero-order valence-corrected chi connectivity index (χ0v) is 8.11. The fraction of sp³-hybridized carbons (Fsp3) is 0.308. The molecule has 1 heteroatoms. The van der Waals surface area contributed by atoms with Crippen LogP contribution in [0.25, 0.3) is 0 Å². The predicted octanol–water partition coefficient (Wildman–Crippen LogP) is 3.38. The number of hydrogen-bond donors (Lipinski definition) is 0. The molecule has 70 valence electrons. The predicted molar refractivity (Wildman–Crippen MR) is 56.9 cm³/mol. The van der Waals surface area contributed by atoms with Gasteiger partial charge in [-0.1, -0.05) is 24.3 Å². The highest BCUT2D eigenvalue weighted by Gasteiger charge is 2.10. The fourth-order valence-corrected chi connectivity index (χ4v) is 1.89. The van der Waals surface area contributed by atoms with Crippen LogP contribution in [0.15, 0.2) is 36.4 Å². The van der Waals surface area contributed by atoms with Gasteiger partial charge in [-0.25, -0.2) is 0 Å². The molecule has 2 rings (SSSR count). The summed E-state index contributed by atoms with van der Waals surface area (Å²) in [4.78, 5) is 0. The topological polar surface area (TPSA) is 23.8 Å². The first-order valence-electron chi connectivity index (χ1n) is 5.07. The van der Waals surface area contributed by atoms with Crippen molar-refractivity contribution >= 4 is 0 Å². The SMILES string of the molecule is N#Cc1ccc(C2C=CCCC2)cc1. The maximum atomic E-state index is 8.67. The maximum Gasteiger partial charge on any atom is 0.0991 e. The van der Waals surface area contributed by atoms with Gasteiger partial charge in [0, 0.05) is 5.92 Å². The largest absolute Gasteiger partial charge is 0.192 e. The molecule has 0 saturated heterocycles. The highest BCUT2D eigenvalue weighted by atomic mass is 14.2. The molecular formula is C13H13N. The van der Waals surface area contributed by atoms with Crippen molar-refractivity contribution in [3.63, 3.8) is 0 Å². The van der Waals surface area contributed by atoms with Gasteiger partial charge in [-0.05, 0) is 37.0 Å². The van der Waals surface area contributed by atoms with Gasteiger partial charge in [0.15, 0.2) is 0 Å². The molecule has 0 spiro atoms. The lowest BCUT2D eigenvalue weighted by Crippen LogP contribution is -1.98. The minimum absolute atomic E-state index is 0.566. The molecule has 0 amide bonds. The second-order valence-electron chi connectivity index (χ2n) is 3.70. The number of nitrogens with zero attached hydrogens (tertiary/aromatic N) is 1. The summed E-state index contributed by atoms with van der Waals surface area (Å²) in [6, 6.07) is 10.1. The van der Waals surface area contributed by atoms with E-state index in [1.165, 1.54) is 24.8 Å². The number of benzene rings is 1. The standard InChI is InChI=1S/C13H13N/c14-10-11-6-8-13(9-7-11)12-4-2-1-3-5-12/h2,4,6-9,12H,1,3,5H2. The smallest absolute Gasteiger partial charge is 0.0991 e. The third-order valence-electron chi connectivity index (χ3n) is 2.72. The van der Waals surface area contributed by atoms with Crippen molar-refractivity contribution in [1.82, 2.24) is 0 Å². The van der Waals surface area contributed by atoms with E-state index in [1.54, 1.807) is 0 Å². The van der Waals surface area contributed by atoms with Crippen LogP contribution in [0.4, 0.5) is 0 Å². The summed E-state index contributed by atoms with van der Waals surface area (Å²) in [5.41, 5.74) is 2.08. The van der Waals surface area contributed by atoms with Crippen LogP contribution in [0.1, 0.15) is 36.3 Å². The molecule has 0 radical (unpaired) electrons. The van der Waals surface area contributed by atoms with E-state index in [-0.39, 0.29) is 0 Å². The first-order valence-corrected chi connectivity index (χ1v) is 5.07. The van der Waals surface area contributed by atoms with E-state index in [9.17, 15) is 0 Å². The van der Waals surface area contributed by atoms with Gasteiger partial charge in [0.05, 0.1) is 11.6 Å². The van der Waals surface area contributed by atoms with Crippen molar-refractivity contribution in [2.24, 2.45) is 0 Å². The molecule has 14 heavy (non-hydrogen) atoms. The molecule has 0 aromatic heterocycles. The second kappa shape index (κ2) is 4.11. The molecule has 1 aromatic carbocycles. The van der Waals surface area contributed by atoms with Crippen LogP contribution in [0.2, 0.25) is 0 Å². The van der Waals surface area contributed by atoms with Crippen molar-refractivity contribution < 1.29 is 0 Å². The summed E-state index contributed by atoms with van der Waals surface area (Å²) in [6.07, 6.45) is 8.27. The van der Waals surface area contributed by atoms with E-state index in [4.69, 9.17) is 5.26 Å². The Kier molecular flexibility index (Phi) is 2.65. The van der Waals surface area contributed by atoms with Gasteiger partial charge in [-0.3, -0.25) is 0 Å². The van der Waals surface area contributed by atoms with Crippen LogP contribution in [-0.2, 0) is 0 Å². The fourth-order valence-electron chi connectivity index (χ4n) is 1.89. The Morgan fingerprint density at radius 1 is 1.21 bits per heavy atom. The first kappa shape index (κ1) is 9.02. The lowest BCUT2D eigenvalue weighted by molar-refractivity contribution is 0.654. The van der Waals surface area contributed by atoms with Gasteiger partial charge in [-0.2, -0.15) is 5.26 Å². The van der Waals surface area contributed by atoms with E-state index in [2.05, 4.69) is 30.4 Å². The zero-order valence-electron chi connectivity index (χ0n) is 8.11. The average molecular weight is 183 g/mol. The Labute approximate surface area is 84.7 Å². The summed E-state index contributed by atoms with van der Waals surface area (Å²) in [5.74, 6) is 0.566. The number of rotatable bonds is 1. The molecule has 0 fully saturated rings. The van der Waals surface area contributed by atoms with Crippen LogP contribution in [0, 0.1) is 11.3 Å². The molecule has 1 aromatic rings. The molecule has 0 N–H and O–H groups in total. The Balaban J connectivity index is 2.20. The second-order valence-corrected chi connectivity index (χ2v) is 3.70. The van der Waals surface area contributed by atoms with Crippen molar-refractivity contribution in [3.8, 4) is 6.07 Å². The van der Waals surface area contributed by atoms with E-state index in [1.807, 2.05) is 12.1 Å². The maximum absolute atomic E-state index is 8.67. The highest BCUT2D eigenvalue weighted by molar-refractivity contribution is 5.34. The molecule has 1 atom stereocenters. The molecule has 1 aliphatic rings. The molecule has 1 aliphatic carbocycles. The van der Waals surface area contributed by atoms with Crippen LogP contribution < -0.4 is 0 Å². The van der Waals surface area contributed by atoms with E-state index in [0.29, 0.717) is 5.92 Å². The monoisotopic (exact) mass is 183 g/mol. The van der Waals surface area contributed by atoms with Gasteiger partial charge in [0.2, 0.25) is 0 Å². The molecule has 0 aliphatic heterocycles. The summed E-state index contributed by atoms with van der Waals surface area (Å²) in [7, 11) is 0.